The molecule has 134 valence electrons. The highest BCUT2D eigenvalue weighted by Gasteiger charge is 2.21. The van der Waals surface area contributed by atoms with Crippen molar-refractivity contribution in [2.45, 2.75) is 37.8 Å². The van der Waals surface area contributed by atoms with E-state index in [-0.39, 0.29) is 11.9 Å². The lowest BCUT2D eigenvalue weighted by atomic mass is 9.96. The Morgan fingerprint density at radius 3 is 2.92 bits per heavy atom. The molecule has 0 saturated carbocycles. The SMILES string of the molecule is O=C(O)C(CCNCc1cnc(C2CCCO2)s1)c1ccc(F)cc1. The van der Waals surface area contributed by atoms with Crippen LogP contribution in [-0.4, -0.2) is 29.2 Å². The van der Waals surface area contributed by atoms with Crippen LogP contribution in [0.4, 0.5) is 4.39 Å². The summed E-state index contributed by atoms with van der Waals surface area (Å²) in [7, 11) is 0. The van der Waals surface area contributed by atoms with Gasteiger partial charge in [-0.25, -0.2) is 9.37 Å². The average Bonchev–Trinajstić information content (AvgIpc) is 3.27. The first kappa shape index (κ1) is 18.0. The fourth-order valence-electron chi connectivity index (χ4n) is 2.91. The van der Waals surface area contributed by atoms with Crippen LogP contribution in [0, 0.1) is 5.82 Å². The van der Waals surface area contributed by atoms with Crippen molar-refractivity contribution in [3.63, 3.8) is 0 Å². The number of thiazole rings is 1. The van der Waals surface area contributed by atoms with Gasteiger partial charge >= 0.3 is 5.97 Å². The summed E-state index contributed by atoms with van der Waals surface area (Å²) in [5.41, 5.74) is 0.620. The molecule has 1 aliphatic heterocycles. The van der Waals surface area contributed by atoms with Crippen LogP contribution in [0.2, 0.25) is 0 Å². The highest BCUT2D eigenvalue weighted by molar-refractivity contribution is 7.11. The first-order valence-electron chi connectivity index (χ1n) is 8.38. The topological polar surface area (TPSA) is 71.5 Å². The lowest BCUT2D eigenvalue weighted by Gasteiger charge is -2.13. The van der Waals surface area contributed by atoms with Gasteiger partial charge in [0.1, 0.15) is 16.9 Å². The number of carboxylic acids is 1. The van der Waals surface area contributed by atoms with Gasteiger partial charge < -0.3 is 15.2 Å². The summed E-state index contributed by atoms with van der Waals surface area (Å²) in [4.78, 5) is 17.0. The number of nitrogens with zero attached hydrogens (tertiary/aromatic N) is 1. The summed E-state index contributed by atoms with van der Waals surface area (Å²) in [6, 6.07) is 5.65. The zero-order valence-electron chi connectivity index (χ0n) is 13.8. The predicted octanol–water partition coefficient (Wildman–Crippen LogP) is 3.48. The van der Waals surface area contributed by atoms with Crippen LogP contribution < -0.4 is 5.32 Å². The van der Waals surface area contributed by atoms with E-state index in [4.69, 9.17) is 4.74 Å². The van der Waals surface area contributed by atoms with E-state index >= 15 is 0 Å². The highest BCUT2D eigenvalue weighted by atomic mass is 32.1. The number of ether oxygens (including phenoxy) is 1. The Morgan fingerprint density at radius 2 is 2.24 bits per heavy atom. The van der Waals surface area contributed by atoms with E-state index in [1.54, 1.807) is 11.3 Å². The second-order valence-corrected chi connectivity index (χ2v) is 7.22. The van der Waals surface area contributed by atoms with Crippen LogP contribution in [0.25, 0.3) is 0 Å². The fraction of sp³-hybridized carbons (Fsp3) is 0.444. The van der Waals surface area contributed by atoms with Crippen molar-refractivity contribution in [2.24, 2.45) is 0 Å². The van der Waals surface area contributed by atoms with Gasteiger partial charge in [0.15, 0.2) is 0 Å². The van der Waals surface area contributed by atoms with Crippen molar-refractivity contribution in [2.75, 3.05) is 13.2 Å². The van der Waals surface area contributed by atoms with Crippen LogP contribution >= 0.6 is 11.3 Å². The molecule has 2 atom stereocenters. The monoisotopic (exact) mass is 364 g/mol. The summed E-state index contributed by atoms with van der Waals surface area (Å²) in [6.07, 6.45) is 4.53. The Morgan fingerprint density at radius 1 is 1.44 bits per heavy atom. The molecule has 1 aliphatic rings. The van der Waals surface area contributed by atoms with Crippen molar-refractivity contribution in [3.8, 4) is 0 Å². The summed E-state index contributed by atoms with van der Waals surface area (Å²) >= 11 is 1.64. The van der Waals surface area contributed by atoms with Crippen LogP contribution in [0.1, 0.15) is 46.7 Å². The number of nitrogens with one attached hydrogen (secondary N) is 1. The summed E-state index contributed by atoms with van der Waals surface area (Å²) in [5, 5.41) is 13.7. The van der Waals surface area contributed by atoms with Crippen molar-refractivity contribution in [1.29, 1.82) is 0 Å². The third-order valence-corrected chi connectivity index (χ3v) is 5.35. The Hall–Kier alpha value is -1.83. The van der Waals surface area contributed by atoms with E-state index in [0.717, 1.165) is 29.3 Å². The molecule has 0 spiro atoms. The lowest BCUT2D eigenvalue weighted by molar-refractivity contribution is -0.138. The molecular weight excluding hydrogens is 343 g/mol. The standard InChI is InChI=1S/C18H21FN2O3S/c19-13-5-3-12(4-6-13)15(18(22)23)7-8-20-10-14-11-21-17(25-14)16-2-1-9-24-16/h3-6,11,15-16,20H,1-2,7-10H2,(H,22,23). The number of hydrogen-bond acceptors (Lipinski definition) is 5. The van der Waals surface area contributed by atoms with Crippen molar-refractivity contribution < 1.29 is 19.0 Å². The summed E-state index contributed by atoms with van der Waals surface area (Å²) in [6.45, 7) is 2.01. The molecule has 1 fully saturated rings. The zero-order chi connectivity index (χ0) is 17.6. The number of aromatic nitrogens is 1. The molecule has 1 aromatic heterocycles. The highest BCUT2D eigenvalue weighted by Crippen LogP contribution is 2.31. The number of carbonyl (C=O) groups is 1. The van der Waals surface area contributed by atoms with Gasteiger partial charge in [-0.2, -0.15) is 0 Å². The molecule has 2 unspecified atom stereocenters. The van der Waals surface area contributed by atoms with E-state index in [1.165, 1.54) is 24.3 Å². The van der Waals surface area contributed by atoms with E-state index < -0.39 is 11.9 Å². The number of halogens is 1. The minimum absolute atomic E-state index is 0.133. The lowest BCUT2D eigenvalue weighted by Crippen LogP contribution is -2.20. The average molecular weight is 364 g/mol. The second-order valence-electron chi connectivity index (χ2n) is 6.07. The Balaban J connectivity index is 1.48. The molecule has 0 aliphatic carbocycles. The maximum absolute atomic E-state index is 13.0. The van der Waals surface area contributed by atoms with Gasteiger partial charge in [0.2, 0.25) is 0 Å². The van der Waals surface area contributed by atoms with E-state index in [9.17, 15) is 14.3 Å². The van der Waals surface area contributed by atoms with Gasteiger partial charge in [0.05, 0.1) is 5.92 Å². The first-order chi connectivity index (χ1) is 12.1. The molecule has 2 aromatic rings. The largest absolute Gasteiger partial charge is 0.481 e. The third-order valence-electron chi connectivity index (χ3n) is 4.26. The molecular formula is C18H21FN2O3S. The minimum Gasteiger partial charge on any atom is -0.481 e. The Kier molecular flexibility index (Phi) is 6.12. The van der Waals surface area contributed by atoms with Crippen molar-refractivity contribution in [1.82, 2.24) is 10.3 Å². The van der Waals surface area contributed by atoms with Crippen molar-refractivity contribution >= 4 is 17.3 Å². The van der Waals surface area contributed by atoms with Gasteiger partial charge in [-0.1, -0.05) is 12.1 Å². The first-order valence-corrected chi connectivity index (χ1v) is 9.20. The van der Waals surface area contributed by atoms with Crippen LogP contribution in [0.5, 0.6) is 0 Å². The van der Waals surface area contributed by atoms with Crippen LogP contribution in [0.15, 0.2) is 30.5 Å². The number of aliphatic carboxylic acids is 1. The number of benzene rings is 1. The molecule has 3 rings (SSSR count). The summed E-state index contributed by atoms with van der Waals surface area (Å²) in [5.74, 6) is -1.90. The van der Waals surface area contributed by atoms with E-state index in [1.807, 2.05) is 6.20 Å². The molecule has 0 radical (unpaired) electrons. The van der Waals surface area contributed by atoms with E-state index in [2.05, 4.69) is 10.3 Å². The molecule has 7 heteroatoms. The predicted molar refractivity (Wildman–Crippen MR) is 93.1 cm³/mol. The van der Waals surface area contributed by atoms with Crippen LogP contribution in [0.3, 0.4) is 0 Å². The molecule has 0 amide bonds. The third kappa shape index (κ3) is 4.84. The molecule has 0 bridgehead atoms. The van der Waals surface area contributed by atoms with Gasteiger partial charge in [0, 0.05) is 24.2 Å². The van der Waals surface area contributed by atoms with Gasteiger partial charge in [-0.05, 0) is 43.5 Å². The minimum atomic E-state index is -0.896. The molecule has 2 heterocycles. The Labute approximate surface area is 149 Å². The number of carboxylic acid groups (broad SMARTS) is 1. The van der Waals surface area contributed by atoms with Gasteiger partial charge in [-0.15, -0.1) is 11.3 Å². The molecule has 1 saturated heterocycles. The molecule has 5 nitrogen and oxygen atoms in total. The van der Waals surface area contributed by atoms with Gasteiger partial charge in [-0.3, -0.25) is 4.79 Å². The fourth-order valence-corrected chi connectivity index (χ4v) is 3.88. The van der Waals surface area contributed by atoms with Crippen LogP contribution in [-0.2, 0) is 16.1 Å². The summed E-state index contributed by atoms with van der Waals surface area (Å²) < 4.78 is 18.6. The van der Waals surface area contributed by atoms with Gasteiger partial charge in [0.25, 0.3) is 0 Å². The molecule has 1 aromatic carbocycles. The maximum atomic E-state index is 13.0. The maximum Gasteiger partial charge on any atom is 0.311 e. The zero-order valence-corrected chi connectivity index (χ0v) is 14.6. The Bertz CT molecular complexity index is 699. The number of rotatable bonds is 8. The van der Waals surface area contributed by atoms with E-state index in [0.29, 0.717) is 25.1 Å². The normalized spacial score (nSPS) is 18.4. The van der Waals surface area contributed by atoms with Crippen molar-refractivity contribution in [3.05, 3.63) is 51.7 Å². The molecule has 2 N–H and O–H groups in total. The smallest absolute Gasteiger partial charge is 0.311 e. The quantitative estimate of drug-likeness (QED) is 0.702. The second kappa shape index (κ2) is 8.51. The number of hydrogen-bond donors (Lipinski definition) is 2. The molecule has 25 heavy (non-hydrogen) atoms.